The highest BCUT2D eigenvalue weighted by molar-refractivity contribution is 5.95. The Kier molecular flexibility index (Phi) is 2.36. The monoisotopic (exact) mass is 189 g/mol. The summed E-state index contributed by atoms with van der Waals surface area (Å²) in [5.41, 5.74) is 4.96. The van der Waals surface area contributed by atoms with Crippen molar-refractivity contribution in [2.24, 2.45) is 5.73 Å². The van der Waals surface area contributed by atoms with E-state index in [1.807, 2.05) is 0 Å². The zero-order chi connectivity index (χ0) is 10.1. The van der Waals surface area contributed by atoms with E-state index in [2.05, 4.69) is 4.74 Å². The van der Waals surface area contributed by atoms with Gasteiger partial charge in [0, 0.05) is 0 Å². The third-order valence-electron chi connectivity index (χ3n) is 1.70. The minimum Gasteiger partial charge on any atom is -0.500 e. The van der Waals surface area contributed by atoms with Crippen LogP contribution in [0.25, 0.3) is 0 Å². The number of nitrogens with two attached hydrogens (primary N) is 1. The number of hydrogen-bond acceptors (Lipinski definition) is 2. The fourth-order valence-electron chi connectivity index (χ4n) is 1.07. The van der Waals surface area contributed by atoms with E-state index >= 15 is 0 Å². The van der Waals surface area contributed by atoms with E-state index in [1.54, 1.807) is 0 Å². The Labute approximate surface area is 73.9 Å². The van der Waals surface area contributed by atoms with Gasteiger partial charge in [-0.2, -0.15) is 0 Å². The molecule has 0 fully saturated rings. The van der Waals surface area contributed by atoms with Crippen molar-refractivity contribution in [1.82, 2.24) is 0 Å². The van der Waals surface area contributed by atoms with Crippen molar-refractivity contribution in [2.75, 3.05) is 7.11 Å². The van der Waals surface area contributed by atoms with Crippen LogP contribution in [0.2, 0.25) is 0 Å². The van der Waals surface area contributed by atoms with Gasteiger partial charge in [0.25, 0.3) is 11.8 Å². The molecular formula is C8H9F2NO2. The summed E-state index contributed by atoms with van der Waals surface area (Å²) in [4.78, 5) is 10.7. The second-order valence-electron chi connectivity index (χ2n) is 2.68. The van der Waals surface area contributed by atoms with Crippen molar-refractivity contribution in [3.63, 3.8) is 0 Å². The van der Waals surface area contributed by atoms with Crippen LogP contribution in [0.5, 0.6) is 0 Å². The smallest absolute Gasteiger partial charge is 0.273 e. The molecule has 0 heterocycles. The number of alkyl halides is 2. The van der Waals surface area contributed by atoms with Crippen LogP contribution in [0.4, 0.5) is 8.78 Å². The summed E-state index contributed by atoms with van der Waals surface area (Å²) in [6.07, 6.45) is 1.03. The molecule has 0 spiro atoms. The minimum atomic E-state index is -2.95. The SMILES string of the molecule is COC1=C(C(N)=O)C=CC(F)(F)C1. The fraction of sp³-hybridized carbons (Fsp3) is 0.375. The van der Waals surface area contributed by atoms with Gasteiger partial charge in [0.2, 0.25) is 0 Å². The highest BCUT2D eigenvalue weighted by Crippen LogP contribution is 2.31. The van der Waals surface area contributed by atoms with Gasteiger partial charge in [0.15, 0.2) is 0 Å². The average molecular weight is 189 g/mol. The highest BCUT2D eigenvalue weighted by Gasteiger charge is 2.33. The summed E-state index contributed by atoms with van der Waals surface area (Å²) in [5.74, 6) is -3.78. The Morgan fingerprint density at radius 3 is 2.77 bits per heavy atom. The van der Waals surface area contributed by atoms with Crippen LogP contribution in [0.1, 0.15) is 6.42 Å². The second-order valence-corrected chi connectivity index (χ2v) is 2.68. The van der Waals surface area contributed by atoms with Gasteiger partial charge in [-0.25, -0.2) is 8.78 Å². The molecule has 5 heteroatoms. The quantitative estimate of drug-likeness (QED) is 0.703. The van der Waals surface area contributed by atoms with Crippen LogP contribution in [0, 0.1) is 0 Å². The van der Waals surface area contributed by atoms with Crippen LogP contribution in [-0.2, 0) is 9.53 Å². The number of carbonyl (C=O) groups excluding carboxylic acids is 1. The molecule has 1 aliphatic rings. The molecule has 0 radical (unpaired) electrons. The molecule has 0 aliphatic heterocycles. The number of ether oxygens (including phenoxy) is 1. The number of allylic oxidation sites excluding steroid dienone is 2. The fourth-order valence-corrected chi connectivity index (χ4v) is 1.07. The summed E-state index contributed by atoms with van der Waals surface area (Å²) >= 11 is 0. The van der Waals surface area contributed by atoms with Gasteiger partial charge < -0.3 is 10.5 Å². The van der Waals surface area contributed by atoms with Gasteiger partial charge in [-0.3, -0.25) is 4.79 Å². The number of rotatable bonds is 2. The van der Waals surface area contributed by atoms with Crippen molar-refractivity contribution in [1.29, 1.82) is 0 Å². The van der Waals surface area contributed by atoms with E-state index < -0.39 is 18.3 Å². The van der Waals surface area contributed by atoms with E-state index in [4.69, 9.17) is 5.73 Å². The molecule has 1 aliphatic carbocycles. The molecule has 0 aromatic carbocycles. The molecule has 3 nitrogen and oxygen atoms in total. The van der Waals surface area contributed by atoms with Crippen molar-refractivity contribution >= 4 is 5.91 Å². The van der Waals surface area contributed by atoms with E-state index in [0.717, 1.165) is 6.08 Å². The molecule has 0 saturated carbocycles. The van der Waals surface area contributed by atoms with Crippen LogP contribution in [0.3, 0.4) is 0 Å². The van der Waals surface area contributed by atoms with Crippen LogP contribution in [0.15, 0.2) is 23.5 Å². The van der Waals surface area contributed by atoms with Gasteiger partial charge in [-0.1, -0.05) is 0 Å². The Morgan fingerprint density at radius 2 is 2.31 bits per heavy atom. The number of carbonyl (C=O) groups is 1. The molecule has 1 amide bonds. The van der Waals surface area contributed by atoms with Gasteiger partial charge in [-0.05, 0) is 12.2 Å². The molecule has 0 atom stereocenters. The molecule has 72 valence electrons. The van der Waals surface area contributed by atoms with Crippen LogP contribution >= 0.6 is 0 Å². The Balaban J connectivity index is 3.01. The van der Waals surface area contributed by atoms with Crippen LogP contribution < -0.4 is 5.73 Å². The molecule has 0 aromatic heterocycles. The number of primary amides is 1. The first-order valence-corrected chi connectivity index (χ1v) is 3.60. The maximum Gasteiger partial charge on any atom is 0.273 e. The van der Waals surface area contributed by atoms with Crippen LogP contribution in [-0.4, -0.2) is 18.9 Å². The van der Waals surface area contributed by atoms with Gasteiger partial charge in [0.05, 0.1) is 19.1 Å². The van der Waals surface area contributed by atoms with E-state index in [0.29, 0.717) is 6.08 Å². The average Bonchev–Trinajstić information content (AvgIpc) is 2.01. The van der Waals surface area contributed by atoms with Crippen molar-refractivity contribution < 1.29 is 18.3 Å². The number of halogens is 2. The Morgan fingerprint density at radius 1 is 1.69 bits per heavy atom. The number of amides is 1. The first-order chi connectivity index (χ1) is 5.96. The lowest BCUT2D eigenvalue weighted by atomic mass is 10.0. The molecule has 0 aromatic rings. The highest BCUT2D eigenvalue weighted by atomic mass is 19.3. The number of hydrogen-bond donors (Lipinski definition) is 1. The summed E-state index contributed by atoms with van der Waals surface area (Å²) in [6, 6.07) is 0. The minimum absolute atomic E-state index is 0.00780. The maximum absolute atomic E-state index is 12.7. The Bertz CT molecular complexity index is 295. The molecular weight excluding hydrogens is 180 g/mol. The molecule has 0 saturated heterocycles. The topological polar surface area (TPSA) is 52.3 Å². The normalized spacial score (nSPS) is 20.2. The standard InChI is InChI=1S/C8H9F2NO2/c1-13-6-4-8(9,10)3-2-5(6)7(11)12/h2-3H,4H2,1H3,(H2,11,12). The maximum atomic E-state index is 12.7. The number of methoxy groups -OCH3 is 1. The summed E-state index contributed by atoms with van der Waals surface area (Å²) in [5, 5.41) is 0. The molecule has 1 rings (SSSR count). The molecule has 0 unspecified atom stereocenters. The van der Waals surface area contributed by atoms with Gasteiger partial charge in [-0.15, -0.1) is 0 Å². The summed E-state index contributed by atoms with van der Waals surface area (Å²) < 4.78 is 30.1. The summed E-state index contributed by atoms with van der Waals surface area (Å²) in [6.45, 7) is 0. The van der Waals surface area contributed by atoms with Crippen molar-refractivity contribution in [3.05, 3.63) is 23.5 Å². The predicted molar refractivity (Wildman–Crippen MR) is 41.9 cm³/mol. The second kappa shape index (κ2) is 3.16. The predicted octanol–water partition coefficient (Wildman–Crippen LogP) is 0.967. The van der Waals surface area contributed by atoms with E-state index in [1.165, 1.54) is 7.11 Å². The third-order valence-corrected chi connectivity index (χ3v) is 1.70. The largest absolute Gasteiger partial charge is 0.500 e. The lowest BCUT2D eigenvalue weighted by molar-refractivity contribution is -0.114. The molecule has 0 bridgehead atoms. The first-order valence-electron chi connectivity index (χ1n) is 3.60. The summed E-state index contributed by atoms with van der Waals surface area (Å²) in [7, 11) is 1.23. The van der Waals surface area contributed by atoms with Gasteiger partial charge >= 0.3 is 0 Å². The molecule has 2 N–H and O–H groups in total. The van der Waals surface area contributed by atoms with Crippen molar-refractivity contribution in [3.8, 4) is 0 Å². The zero-order valence-electron chi connectivity index (χ0n) is 7.01. The van der Waals surface area contributed by atoms with Gasteiger partial charge in [0.1, 0.15) is 5.76 Å². The van der Waals surface area contributed by atoms with E-state index in [9.17, 15) is 13.6 Å². The third kappa shape index (κ3) is 2.05. The lowest BCUT2D eigenvalue weighted by Gasteiger charge is -2.19. The first kappa shape index (κ1) is 9.70. The van der Waals surface area contributed by atoms with Crippen molar-refractivity contribution in [2.45, 2.75) is 12.3 Å². The van der Waals surface area contributed by atoms with E-state index in [-0.39, 0.29) is 11.3 Å². The molecule has 13 heavy (non-hydrogen) atoms. The zero-order valence-corrected chi connectivity index (χ0v) is 7.01. The lowest BCUT2D eigenvalue weighted by Crippen LogP contribution is -2.23. The Hall–Kier alpha value is -1.39.